The Morgan fingerprint density at radius 1 is 0.824 bits per heavy atom. The van der Waals surface area contributed by atoms with Crippen molar-refractivity contribution >= 4 is 11.8 Å². The number of terminal acetylenes is 1. The minimum absolute atomic E-state index is 0.195. The smallest absolute Gasteiger partial charge is 0.251 e. The van der Waals surface area contributed by atoms with Crippen molar-refractivity contribution in [2.75, 3.05) is 40.0 Å². The fraction of sp³-hybridized carbons (Fsp3) is 0.630. The minimum Gasteiger partial charge on any atom is -0.494 e. The molecule has 0 atom stereocenters. The molecule has 0 saturated carbocycles. The number of carbonyl (C=O) groups is 2. The SMILES string of the molecule is C#CCCCCOc1cc(C(=O)NCCCCCCO)cc(C(=O)NCCCCCCOC)c1. The number of aliphatic hydroxyl groups excluding tert-OH is 1. The van der Waals surface area contributed by atoms with Crippen molar-refractivity contribution in [1.82, 2.24) is 10.6 Å². The van der Waals surface area contributed by atoms with E-state index in [1.54, 1.807) is 25.3 Å². The van der Waals surface area contributed by atoms with Gasteiger partial charge >= 0.3 is 0 Å². The lowest BCUT2D eigenvalue weighted by Gasteiger charge is -2.12. The van der Waals surface area contributed by atoms with E-state index in [4.69, 9.17) is 21.0 Å². The second-order valence-electron chi connectivity index (χ2n) is 8.31. The largest absolute Gasteiger partial charge is 0.494 e. The van der Waals surface area contributed by atoms with Gasteiger partial charge in [0, 0.05) is 51.0 Å². The predicted octanol–water partition coefficient (Wildman–Crippen LogP) is 4.09. The molecule has 190 valence electrons. The molecule has 0 bridgehead atoms. The second kappa shape index (κ2) is 19.9. The van der Waals surface area contributed by atoms with Crippen LogP contribution in [-0.2, 0) is 4.74 Å². The summed E-state index contributed by atoms with van der Waals surface area (Å²) in [6.45, 7) is 2.56. The molecule has 1 aromatic carbocycles. The van der Waals surface area contributed by atoms with Crippen molar-refractivity contribution in [2.45, 2.75) is 70.6 Å². The Labute approximate surface area is 205 Å². The van der Waals surface area contributed by atoms with E-state index < -0.39 is 0 Å². The van der Waals surface area contributed by atoms with Gasteiger partial charge in [-0.15, -0.1) is 12.3 Å². The van der Waals surface area contributed by atoms with Crippen LogP contribution in [0.2, 0.25) is 0 Å². The quantitative estimate of drug-likeness (QED) is 0.195. The number of hydrogen-bond acceptors (Lipinski definition) is 5. The summed E-state index contributed by atoms with van der Waals surface area (Å²) in [4.78, 5) is 25.4. The van der Waals surface area contributed by atoms with E-state index in [0.717, 1.165) is 70.8 Å². The Hall–Kier alpha value is -2.56. The Morgan fingerprint density at radius 2 is 1.38 bits per heavy atom. The maximum atomic E-state index is 12.7. The number of carbonyl (C=O) groups excluding carboxylic acids is 2. The molecule has 2 amide bonds. The monoisotopic (exact) mass is 474 g/mol. The molecule has 0 aliphatic heterocycles. The first-order chi connectivity index (χ1) is 16.6. The first kappa shape index (κ1) is 29.5. The van der Waals surface area contributed by atoms with Crippen LogP contribution in [0.4, 0.5) is 0 Å². The number of hydrogen-bond donors (Lipinski definition) is 3. The van der Waals surface area contributed by atoms with E-state index in [9.17, 15) is 9.59 Å². The molecular weight excluding hydrogens is 432 g/mol. The number of ether oxygens (including phenoxy) is 2. The van der Waals surface area contributed by atoms with Crippen molar-refractivity contribution in [3.05, 3.63) is 29.3 Å². The summed E-state index contributed by atoms with van der Waals surface area (Å²) >= 11 is 0. The summed E-state index contributed by atoms with van der Waals surface area (Å²) in [7, 11) is 1.70. The number of unbranched alkanes of at least 4 members (excludes halogenated alkanes) is 8. The molecule has 7 heteroatoms. The Kier molecular flexibility index (Phi) is 17.2. The molecule has 3 N–H and O–H groups in total. The highest BCUT2D eigenvalue weighted by atomic mass is 16.5. The molecule has 0 aromatic heterocycles. The third kappa shape index (κ3) is 13.9. The summed E-state index contributed by atoms with van der Waals surface area (Å²) in [5.41, 5.74) is 0.815. The van der Waals surface area contributed by atoms with Crippen molar-refractivity contribution in [2.24, 2.45) is 0 Å². The van der Waals surface area contributed by atoms with Crippen LogP contribution < -0.4 is 15.4 Å². The van der Waals surface area contributed by atoms with Crippen LogP contribution in [0.3, 0.4) is 0 Å². The van der Waals surface area contributed by atoms with E-state index in [1.165, 1.54) is 0 Å². The van der Waals surface area contributed by atoms with Crippen molar-refractivity contribution in [3.63, 3.8) is 0 Å². The summed E-state index contributed by atoms with van der Waals surface area (Å²) < 4.78 is 10.9. The van der Waals surface area contributed by atoms with Gasteiger partial charge in [-0.25, -0.2) is 0 Å². The van der Waals surface area contributed by atoms with Gasteiger partial charge in [0.25, 0.3) is 11.8 Å². The zero-order valence-corrected chi connectivity index (χ0v) is 20.7. The number of aliphatic hydroxyl groups is 1. The van der Waals surface area contributed by atoms with Gasteiger partial charge in [0.1, 0.15) is 5.75 Å². The van der Waals surface area contributed by atoms with E-state index in [0.29, 0.717) is 43.0 Å². The molecule has 0 radical (unpaired) electrons. The van der Waals surface area contributed by atoms with E-state index in [2.05, 4.69) is 16.6 Å². The van der Waals surface area contributed by atoms with Gasteiger partial charge in [0.05, 0.1) is 6.61 Å². The molecule has 1 rings (SSSR count). The number of amides is 2. The summed E-state index contributed by atoms with van der Waals surface area (Å²) in [5.74, 6) is 2.66. The molecule has 7 nitrogen and oxygen atoms in total. The van der Waals surface area contributed by atoms with Crippen molar-refractivity contribution < 1.29 is 24.2 Å². The van der Waals surface area contributed by atoms with Crippen molar-refractivity contribution in [1.29, 1.82) is 0 Å². The molecular formula is C27H42N2O5. The van der Waals surface area contributed by atoms with Gasteiger partial charge in [-0.05, 0) is 56.7 Å². The lowest BCUT2D eigenvalue weighted by atomic mass is 10.1. The van der Waals surface area contributed by atoms with Crippen LogP contribution in [0.5, 0.6) is 5.75 Å². The third-order valence-electron chi connectivity index (χ3n) is 5.35. The summed E-state index contributed by atoms with van der Waals surface area (Å²) in [6, 6.07) is 4.97. The molecule has 0 fully saturated rings. The molecule has 0 spiro atoms. The van der Waals surface area contributed by atoms with Gasteiger partial charge in [-0.1, -0.05) is 25.7 Å². The molecule has 1 aromatic rings. The Bertz CT molecular complexity index is 745. The summed E-state index contributed by atoms with van der Waals surface area (Å²) in [6.07, 6.45) is 15.2. The zero-order valence-electron chi connectivity index (χ0n) is 20.7. The van der Waals surface area contributed by atoms with Crippen LogP contribution in [-0.4, -0.2) is 56.9 Å². The maximum Gasteiger partial charge on any atom is 0.251 e. The number of nitrogens with one attached hydrogen (secondary N) is 2. The fourth-order valence-corrected chi connectivity index (χ4v) is 3.39. The number of methoxy groups -OCH3 is 1. The molecule has 0 unspecified atom stereocenters. The van der Waals surface area contributed by atoms with Gasteiger partial charge < -0.3 is 25.2 Å². The van der Waals surface area contributed by atoms with E-state index in [-0.39, 0.29) is 18.4 Å². The molecule has 0 heterocycles. The molecule has 0 saturated heterocycles. The number of rotatable bonds is 20. The van der Waals surface area contributed by atoms with Gasteiger partial charge in [-0.2, -0.15) is 0 Å². The van der Waals surface area contributed by atoms with E-state index in [1.807, 2.05) is 0 Å². The second-order valence-corrected chi connectivity index (χ2v) is 8.31. The molecule has 0 aliphatic carbocycles. The molecule has 0 aliphatic rings. The van der Waals surface area contributed by atoms with Crippen LogP contribution in [0.25, 0.3) is 0 Å². The zero-order chi connectivity index (χ0) is 24.9. The standard InChI is InChI=1S/C27H42N2O5/c1-3-4-5-14-19-34-25-21-23(26(31)28-15-10-6-8-12-17-30)20-24(22-25)27(32)29-16-11-7-9-13-18-33-2/h1,20-22,30H,4-19H2,2H3,(H,28,31)(H,29,32). The van der Waals surface area contributed by atoms with Gasteiger partial charge in [0.15, 0.2) is 0 Å². The first-order valence-electron chi connectivity index (χ1n) is 12.5. The Morgan fingerprint density at radius 3 is 1.94 bits per heavy atom. The van der Waals surface area contributed by atoms with Crippen LogP contribution in [0.1, 0.15) is 91.3 Å². The van der Waals surface area contributed by atoms with Crippen LogP contribution in [0.15, 0.2) is 18.2 Å². The topological polar surface area (TPSA) is 96.9 Å². The van der Waals surface area contributed by atoms with Crippen LogP contribution in [0, 0.1) is 12.3 Å². The molecule has 34 heavy (non-hydrogen) atoms. The highest BCUT2D eigenvalue weighted by Gasteiger charge is 2.14. The third-order valence-corrected chi connectivity index (χ3v) is 5.35. The van der Waals surface area contributed by atoms with E-state index >= 15 is 0 Å². The minimum atomic E-state index is -0.230. The normalized spacial score (nSPS) is 10.5. The predicted molar refractivity (Wildman–Crippen MR) is 135 cm³/mol. The highest BCUT2D eigenvalue weighted by Crippen LogP contribution is 2.19. The van der Waals surface area contributed by atoms with Gasteiger partial charge in [0.2, 0.25) is 0 Å². The van der Waals surface area contributed by atoms with Crippen LogP contribution >= 0.6 is 0 Å². The fourth-order valence-electron chi connectivity index (χ4n) is 3.39. The van der Waals surface area contributed by atoms with Crippen molar-refractivity contribution in [3.8, 4) is 18.1 Å². The summed E-state index contributed by atoms with van der Waals surface area (Å²) in [5, 5.41) is 14.7. The highest BCUT2D eigenvalue weighted by molar-refractivity contribution is 6.00. The average Bonchev–Trinajstić information content (AvgIpc) is 2.85. The lowest BCUT2D eigenvalue weighted by molar-refractivity contribution is 0.0952. The Balaban J connectivity index is 2.67. The lowest BCUT2D eigenvalue weighted by Crippen LogP contribution is -2.27. The van der Waals surface area contributed by atoms with Gasteiger partial charge in [-0.3, -0.25) is 9.59 Å². The average molecular weight is 475 g/mol. The number of benzene rings is 1. The first-order valence-corrected chi connectivity index (χ1v) is 12.5. The maximum absolute atomic E-state index is 12.7.